The van der Waals surface area contributed by atoms with Crippen LogP contribution in [-0.2, 0) is 16.0 Å². The van der Waals surface area contributed by atoms with E-state index in [-0.39, 0.29) is 12.6 Å². The molecule has 0 unspecified atom stereocenters. The van der Waals surface area contributed by atoms with Crippen LogP contribution < -0.4 is 5.32 Å². The van der Waals surface area contributed by atoms with Gasteiger partial charge in [-0.1, -0.05) is 30.3 Å². The van der Waals surface area contributed by atoms with Crippen molar-refractivity contribution in [3.05, 3.63) is 35.9 Å². The summed E-state index contributed by atoms with van der Waals surface area (Å²) in [5.41, 5.74) is 1.07. The van der Waals surface area contributed by atoms with Crippen molar-refractivity contribution in [2.45, 2.75) is 12.8 Å². The molecule has 0 aliphatic rings. The Hall–Kier alpha value is -2.08. The van der Waals surface area contributed by atoms with Gasteiger partial charge in [0.05, 0.1) is 0 Å². The molecule has 0 bridgehead atoms. The second kappa shape index (κ2) is 9.77. The summed E-state index contributed by atoms with van der Waals surface area (Å²) in [5, 5.41) is 11.6. The molecular weight excluding hydrogens is 272 g/mol. The minimum Gasteiger partial charge on any atom is -0.480 e. The van der Waals surface area contributed by atoms with Crippen molar-refractivity contribution in [1.29, 1.82) is 0 Å². The Kier molecular flexibility index (Phi) is 7.89. The van der Waals surface area contributed by atoms with Gasteiger partial charge in [0.15, 0.2) is 0 Å². The first-order valence-corrected chi connectivity index (χ1v) is 6.91. The summed E-state index contributed by atoms with van der Waals surface area (Å²) in [6.45, 7) is 1.09. The molecule has 0 atom stereocenters. The predicted molar refractivity (Wildman–Crippen MR) is 79.2 cm³/mol. The normalized spacial score (nSPS) is 10.1. The summed E-state index contributed by atoms with van der Waals surface area (Å²) in [6.07, 6.45) is 1.32. The van der Waals surface area contributed by atoms with Gasteiger partial charge in [0, 0.05) is 26.8 Å². The number of amides is 2. The fraction of sp³-hybridized carbons (Fsp3) is 0.467. The maximum absolute atomic E-state index is 12.0. The topological polar surface area (TPSA) is 78.9 Å². The quantitative estimate of drug-likeness (QED) is 0.674. The first-order chi connectivity index (χ1) is 10.1. The zero-order valence-corrected chi connectivity index (χ0v) is 12.2. The molecule has 2 amide bonds. The number of carbonyl (C=O) groups excluding carboxylic acids is 1. The molecule has 1 rings (SSSR count). The van der Waals surface area contributed by atoms with Crippen molar-refractivity contribution in [2.75, 3.05) is 33.4 Å². The summed E-state index contributed by atoms with van der Waals surface area (Å²) >= 11 is 0. The van der Waals surface area contributed by atoms with E-state index in [1.165, 1.54) is 4.90 Å². The highest BCUT2D eigenvalue weighted by Crippen LogP contribution is 2.02. The fourth-order valence-corrected chi connectivity index (χ4v) is 1.85. The van der Waals surface area contributed by atoms with Crippen molar-refractivity contribution < 1.29 is 19.4 Å². The Balaban J connectivity index is 2.46. The Morgan fingerprint density at radius 2 is 2.00 bits per heavy atom. The summed E-state index contributed by atoms with van der Waals surface area (Å²) in [6, 6.07) is 9.30. The minimum absolute atomic E-state index is 0.303. The molecule has 0 spiro atoms. The number of nitrogens with zero attached hydrogens (tertiary/aromatic N) is 1. The van der Waals surface area contributed by atoms with E-state index in [2.05, 4.69) is 5.32 Å². The van der Waals surface area contributed by atoms with Crippen LogP contribution in [-0.4, -0.2) is 55.4 Å². The number of carboxylic acid groups (broad SMARTS) is 1. The van der Waals surface area contributed by atoms with E-state index in [0.29, 0.717) is 32.5 Å². The van der Waals surface area contributed by atoms with Gasteiger partial charge in [-0.3, -0.25) is 4.79 Å². The minimum atomic E-state index is -1.02. The first kappa shape index (κ1) is 17.0. The maximum Gasteiger partial charge on any atom is 0.323 e. The summed E-state index contributed by atoms with van der Waals surface area (Å²) in [5.74, 6) is -1.02. The van der Waals surface area contributed by atoms with Crippen LogP contribution in [0, 0.1) is 0 Å². The van der Waals surface area contributed by atoms with Crippen LogP contribution in [0.5, 0.6) is 0 Å². The third kappa shape index (κ3) is 7.31. The van der Waals surface area contributed by atoms with E-state index in [4.69, 9.17) is 9.84 Å². The number of aliphatic carboxylic acids is 1. The lowest BCUT2D eigenvalue weighted by Crippen LogP contribution is -2.44. The Bertz CT molecular complexity index is 437. The number of nitrogens with one attached hydrogen (secondary N) is 1. The van der Waals surface area contributed by atoms with Gasteiger partial charge in [-0.25, -0.2) is 4.79 Å². The van der Waals surface area contributed by atoms with Gasteiger partial charge in [0.2, 0.25) is 0 Å². The average Bonchev–Trinajstić information content (AvgIpc) is 2.48. The SMILES string of the molecule is COCCCNC(=O)N(CCc1ccccc1)CC(=O)O. The highest BCUT2D eigenvalue weighted by Gasteiger charge is 2.15. The summed E-state index contributed by atoms with van der Waals surface area (Å²) < 4.78 is 4.89. The largest absolute Gasteiger partial charge is 0.480 e. The molecule has 0 aliphatic heterocycles. The number of hydrogen-bond donors (Lipinski definition) is 2. The number of carboxylic acids is 1. The molecule has 6 nitrogen and oxygen atoms in total. The molecule has 21 heavy (non-hydrogen) atoms. The van der Waals surface area contributed by atoms with E-state index >= 15 is 0 Å². The summed E-state index contributed by atoms with van der Waals surface area (Å²) in [4.78, 5) is 24.1. The highest BCUT2D eigenvalue weighted by atomic mass is 16.5. The number of benzene rings is 1. The number of carbonyl (C=O) groups is 2. The highest BCUT2D eigenvalue weighted by molar-refractivity contribution is 5.80. The lowest BCUT2D eigenvalue weighted by atomic mass is 10.1. The fourth-order valence-electron chi connectivity index (χ4n) is 1.85. The van der Waals surface area contributed by atoms with Crippen LogP contribution in [0.2, 0.25) is 0 Å². The van der Waals surface area contributed by atoms with Crippen LogP contribution in [0.25, 0.3) is 0 Å². The van der Waals surface area contributed by atoms with E-state index in [1.807, 2.05) is 30.3 Å². The Morgan fingerprint density at radius 3 is 2.62 bits per heavy atom. The standard InChI is InChI=1S/C15H22N2O4/c1-21-11-5-9-16-15(20)17(12-14(18)19)10-8-13-6-3-2-4-7-13/h2-4,6-7H,5,8-12H2,1H3,(H,16,20)(H,18,19). The average molecular weight is 294 g/mol. The van der Waals surface area contributed by atoms with E-state index in [9.17, 15) is 9.59 Å². The van der Waals surface area contributed by atoms with Crippen LogP contribution in [0.1, 0.15) is 12.0 Å². The molecule has 2 N–H and O–H groups in total. The zero-order chi connectivity index (χ0) is 15.5. The Morgan fingerprint density at radius 1 is 1.29 bits per heavy atom. The number of hydrogen-bond acceptors (Lipinski definition) is 3. The predicted octanol–water partition coefficient (Wildman–Crippen LogP) is 1.36. The molecule has 1 aromatic rings. The second-order valence-corrected chi connectivity index (χ2v) is 4.63. The van der Waals surface area contributed by atoms with Gasteiger partial charge < -0.3 is 20.1 Å². The monoisotopic (exact) mass is 294 g/mol. The van der Waals surface area contributed by atoms with Gasteiger partial charge in [0.25, 0.3) is 0 Å². The van der Waals surface area contributed by atoms with Gasteiger partial charge in [-0.15, -0.1) is 0 Å². The molecule has 0 heterocycles. The van der Waals surface area contributed by atoms with E-state index in [1.54, 1.807) is 7.11 Å². The molecule has 6 heteroatoms. The molecular formula is C15H22N2O4. The Labute approximate surface area is 124 Å². The number of rotatable bonds is 9. The van der Waals surface area contributed by atoms with Crippen LogP contribution in [0.3, 0.4) is 0 Å². The van der Waals surface area contributed by atoms with Gasteiger partial charge >= 0.3 is 12.0 Å². The third-order valence-corrected chi connectivity index (χ3v) is 2.93. The summed E-state index contributed by atoms with van der Waals surface area (Å²) in [7, 11) is 1.60. The lowest BCUT2D eigenvalue weighted by molar-refractivity contribution is -0.137. The van der Waals surface area contributed by atoms with Crippen LogP contribution in [0.15, 0.2) is 30.3 Å². The molecule has 1 aromatic carbocycles. The van der Waals surface area contributed by atoms with Crippen molar-refractivity contribution in [3.8, 4) is 0 Å². The molecule has 0 saturated heterocycles. The van der Waals surface area contributed by atoms with Crippen LogP contribution >= 0.6 is 0 Å². The van der Waals surface area contributed by atoms with Gasteiger partial charge in [-0.05, 0) is 18.4 Å². The molecule has 0 aliphatic carbocycles. The van der Waals surface area contributed by atoms with E-state index < -0.39 is 5.97 Å². The number of ether oxygens (including phenoxy) is 1. The van der Waals surface area contributed by atoms with Crippen molar-refractivity contribution in [3.63, 3.8) is 0 Å². The van der Waals surface area contributed by atoms with Crippen molar-refractivity contribution in [1.82, 2.24) is 10.2 Å². The second-order valence-electron chi connectivity index (χ2n) is 4.63. The third-order valence-electron chi connectivity index (χ3n) is 2.93. The molecule has 0 fully saturated rings. The number of urea groups is 1. The molecule has 0 saturated carbocycles. The number of methoxy groups -OCH3 is 1. The van der Waals surface area contributed by atoms with Crippen molar-refractivity contribution >= 4 is 12.0 Å². The van der Waals surface area contributed by atoms with Crippen LogP contribution in [0.4, 0.5) is 4.79 Å². The first-order valence-electron chi connectivity index (χ1n) is 6.91. The van der Waals surface area contributed by atoms with Gasteiger partial charge in [0.1, 0.15) is 6.54 Å². The van der Waals surface area contributed by atoms with Gasteiger partial charge in [-0.2, -0.15) is 0 Å². The van der Waals surface area contributed by atoms with E-state index in [0.717, 1.165) is 5.56 Å². The molecule has 0 aromatic heterocycles. The lowest BCUT2D eigenvalue weighted by Gasteiger charge is -2.21. The smallest absolute Gasteiger partial charge is 0.323 e. The van der Waals surface area contributed by atoms with Crippen molar-refractivity contribution in [2.24, 2.45) is 0 Å². The molecule has 0 radical (unpaired) electrons. The maximum atomic E-state index is 12.0. The molecule has 116 valence electrons. The zero-order valence-electron chi connectivity index (χ0n) is 12.2.